The summed E-state index contributed by atoms with van der Waals surface area (Å²) in [6, 6.07) is 11.2. The highest BCUT2D eigenvalue weighted by atomic mass is 32.2. The second-order valence-electron chi connectivity index (χ2n) is 4.45. The van der Waals surface area contributed by atoms with Crippen molar-refractivity contribution in [3.05, 3.63) is 69.3 Å². The number of aromatic nitrogens is 1. The van der Waals surface area contributed by atoms with Crippen LogP contribution in [0.4, 0.5) is 4.39 Å². The van der Waals surface area contributed by atoms with Crippen molar-refractivity contribution in [2.75, 3.05) is 0 Å². The minimum absolute atomic E-state index is 0.298. The Hall–Kier alpha value is -2.34. The fourth-order valence-electron chi connectivity index (χ4n) is 1.97. The lowest BCUT2D eigenvalue weighted by atomic mass is 10.2. The average Bonchev–Trinajstić information content (AvgIpc) is 2.47. The number of aryl methyl sites for hydroxylation is 1. The number of fused-ring (bicyclic) bond motifs is 1. The number of hydrogen-bond donors (Lipinski definition) is 0. The first-order valence-corrected chi connectivity index (χ1v) is 6.93. The van der Waals surface area contributed by atoms with Gasteiger partial charge in [0.15, 0.2) is 0 Å². The van der Waals surface area contributed by atoms with E-state index in [9.17, 15) is 14.0 Å². The summed E-state index contributed by atoms with van der Waals surface area (Å²) in [6.07, 6.45) is 0. The molecule has 0 fully saturated rings. The molecule has 0 amide bonds. The van der Waals surface area contributed by atoms with E-state index in [-0.39, 0.29) is 5.82 Å². The van der Waals surface area contributed by atoms with Crippen molar-refractivity contribution in [2.45, 2.75) is 9.79 Å². The van der Waals surface area contributed by atoms with Crippen LogP contribution in [-0.2, 0) is 7.05 Å². The summed E-state index contributed by atoms with van der Waals surface area (Å²) < 4.78 is 18.8. The zero-order valence-electron chi connectivity index (χ0n) is 11.0. The molecule has 0 atom stereocenters. The Bertz CT molecular complexity index is 928. The first-order valence-electron chi connectivity index (χ1n) is 6.12. The van der Waals surface area contributed by atoms with Crippen molar-refractivity contribution < 1.29 is 8.81 Å². The van der Waals surface area contributed by atoms with Crippen molar-refractivity contribution in [3.63, 3.8) is 0 Å². The van der Waals surface area contributed by atoms with Crippen LogP contribution in [0.15, 0.2) is 66.3 Å². The van der Waals surface area contributed by atoms with E-state index in [1.165, 1.54) is 28.5 Å². The minimum atomic E-state index is -0.688. The Kier molecular flexibility index (Phi) is 3.39. The van der Waals surface area contributed by atoms with E-state index in [0.29, 0.717) is 10.9 Å². The van der Waals surface area contributed by atoms with E-state index in [1.54, 1.807) is 37.4 Å². The van der Waals surface area contributed by atoms with Gasteiger partial charge in [0.1, 0.15) is 5.82 Å². The highest BCUT2D eigenvalue weighted by Crippen LogP contribution is 2.29. The van der Waals surface area contributed by atoms with Gasteiger partial charge in [-0.25, -0.2) is 14.0 Å². The van der Waals surface area contributed by atoms with Gasteiger partial charge in [0.05, 0.1) is 10.9 Å². The Labute approximate surface area is 122 Å². The average molecular weight is 303 g/mol. The summed E-state index contributed by atoms with van der Waals surface area (Å²) in [5, 5.41) is 0.337. The van der Waals surface area contributed by atoms with Gasteiger partial charge < -0.3 is 4.42 Å². The Morgan fingerprint density at radius 1 is 1.05 bits per heavy atom. The fraction of sp³-hybridized carbons (Fsp3) is 0.0667. The molecule has 21 heavy (non-hydrogen) atoms. The molecule has 0 saturated carbocycles. The fourth-order valence-corrected chi connectivity index (χ4v) is 2.83. The summed E-state index contributed by atoms with van der Waals surface area (Å²) in [6.45, 7) is 0. The minimum Gasteiger partial charge on any atom is -0.372 e. The van der Waals surface area contributed by atoms with Crippen molar-refractivity contribution >= 4 is 22.7 Å². The van der Waals surface area contributed by atoms with Gasteiger partial charge in [-0.1, -0.05) is 11.8 Å². The van der Waals surface area contributed by atoms with E-state index in [2.05, 4.69) is 4.42 Å². The van der Waals surface area contributed by atoms with Crippen LogP contribution < -0.4 is 11.4 Å². The standard InChI is InChI=1S/C15H10FNO3S/c1-17-13-7-6-11(8-12(13)14(18)20-15(17)19)21-10-4-2-9(16)3-5-10/h2-8H,1H3. The van der Waals surface area contributed by atoms with Gasteiger partial charge in [-0.3, -0.25) is 4.57 Å². The van der Waals surface area contributed by atoms with Crippen molar-refractivity contribution in [2.24, 2.45) is 7.05 Å². The third-order valence-corrected chi connectivity index (χ3v) is 4.05. The predicted octanol–water partition coefficient (Wildman–Crippen LogP) is 2.78. The molecule has 0 unspecified atom stereocenters. The van der Waals surface area contributed by atoms with E-state index in [0.717, 1.165) is 9.79 Å². The lowest BCUT2D eigenvalue weighted by Gasteiger charge is -2.05. The summed E-state index contributed by atoms with van der Waals surface area (Å²) in [5.41, 5.74) is -0.144. The molecule has 3 rings (SSSR count). The quantitative estimate of drug-likeness (QED) is 0.730. The number of benzene rings is 2. The molecule has 0 N–H and O–H groups in total. The van der Waals surface area contributed by atoms with Gasteiger partial charge >= 0.3 is 11.4 Å². The topological polar surface area (TPSA) is 52.2 Å². The molecule has 1 aromatic heterocycles. The second-order valence-corrected chi connectivity index (χ2v) is 5.60. The monoisotopic (exact) mass is 303 g/mol. The molecule has 6 heteroatoms. The van der Waals surface area contributed by atoms with Crippen molar-refractivity contribution in [3.8, 4) is 0 Å². The summed E-state index contributed by atoms with van der Waals surface area (Å²) in [5.74, 6) is -0.986. The van der Waals surface area contributed by atoms with Gasteiger partial charge in [-0.2, -0.15) is 0 Å². The zero-order chi connectivity index (χ0) is 15.0. The van der Waals surface area contributed by atoms with Crippen LogP contribution in [0.25, 0.3) is 10.9 Å². The summed E-state index contributed by atoms with van der Waals surface area (Å²) in [4.78, 5) is 24.8. The molecule has 0 bridgehead atoms. The normalized spacial score (nSPS) is 11.0. The van der Waals surface area contributed by atoms with Crippen LogP contribution in [0.3, 0.4) is 0 Å². The maximum Gasteiger partial charge on any atom is 0.422 e. The maximum atomic E-state index is 12.9. The van der Waals surface area contributed by atoms with E-state index in [4.69, 9.17) is 0 Å². The molecule has 2 aromatic carbocycles. The van der Waals surface area contributed by atoms with E-state index < -0.39 is 11.4 Å². The lowest BCUT2D eigenvalue weighted by Crippen LogP contribution is -2.22. The SMILES string of the molecule is Cn1c(=O)oc(=O)c2cc(Sc3ccc(F)cc3)ccc21. The van der Waals surface area contributed by atoms with Crippen LogP contribution >= 0.6 is 11.8 Å². The molecule has 0 aliphatic carbocycles. The molecule has 0 spiro atoms. The molecule has 0 radical (unpaired) electrons. The van der Waals surface area contributed by atoms with Gasteiger partial charge in [-0.15, -0.1) is 0 Å². The van der Waals surface area contributed by atoms with Gasteiger partial charge in [0.2, 0.25) is 0 Å². The molecular formula is C15H10FNO3S. The van der Waals surface area contributed by atoms with Crippen LogP contribution in [0.2, 0.25) is 0 Å². The summed E-state index contributed by atoms with van der Waals surface area (Å²) in [7, 11) is 1.54. The first-order chi connectivity index (χ1) is 10.0. The highest BCUT2D eigenvalue weighted by Gasteiger charge is 2.08. The maximum absolute atomic E-state index is 12.9. The Morgan fingerprint density at radius 2 is 1.71 bits per heavy atom. The molecular weight excluding hydrogens is 293 g/mol. The molecule has 0 aliphatic rings. The molecule has 0 saturated heterocycles. The number of rotatable bonds is 2. The molecule has 4 nitrogen and oxygen atoms in total. The smallest absolute Gasteiger partial charge is 0.372 e. The van der Waals surface area contributed by atoms with Crippen molar-refractivity contribution in [1.82, 2.24) is 4.57 Å². The van der Waals surface area contributed by atoms with Gasteiger partial charge in [0, 0.05) is 16.8 Å². The largest absolute Gasteiger partial charge is 0.422 e. The third-order valence-electron chi connectivity index (χ3n) is 3.05. The van der Waals surface area contributed by atoms with Gasteiger partial charge in [0.25, 0.3) is 0 Å². The van der Waals surface area contributed by atoms with E-state index >= 15 is 0 Å². The van der Waals surface area contributed by atoms with Crippen LogP contribution in [-0.4, -0.2) is 4.57 Å². The number of nitrogens with zero attached hydrogens (tertiary/aromatic N) is 1. The Morgan fingerprint density at radius 3 is 2.43 bits per heavy atom. The van der Waals surface area contributed by atoms with Crippen LogP contribution in [0.5, 0.6) is 0 Å². The molecule has 0 aliphatic heterocycles. The number of halogens is 1. The first kappa shape index (κ1) is 13.6. The molecule has 106 valence electrons. The van der Waals surface area contributed by atoms with Crippen molar-refractivity contribution in [1.29, 1.82) is 0 Å². The Balaban J connectivity index is 2.07. The molecule has 1 heterocycles. The third kappa shape index (κ3) is 2.62. The zero-order valence-corrected chi connectivity index (χ0v) is 11.8. The van der Waals surface area contributed by atoms with Crippen LogP contribution in [0, 0.1) is 5.82 Å². The van der Waals surface area contributed by atoms with Crippen LogP contribution in [0.1, 0.15) is 0 Å². The molecule has 3 aromatic rings. The highest BCUT2D eigenvalue weighted by molar-refractivity contribution is 7.99. The predicted molar refractivity (Wildman–Crippen MR) is 78.2 cm³/mol. The van der Waals surface area contributed by atoms with Gasteiger partial charge in [-0.05, 0) is 42.5 Å². The second kappa shape index (κ2) is 5.21. The summed E-state index contributed by atoms with van der Waals surface area (Å²) >= 11 is 1.40. The lowest BCUT2D eigenvalue weighted by molar-refractivity contribution is 0.432. The number of hydrogen-bond acceptors (Lipinski definition) is 4. The van der Waals surface area contributed by atoms with E-state index in [1.807, 2.05) is 0 Å².